The molecule has 12 heavy (non-hydrogen) atoms. The van der Waals surface area contributed by atoms with Gasteiger partial charge in [0.05, 0.1) is 0 Å². The summed E-state index contributed by atoms with van der Waals surface area (Å²) in [7, 11) is 2.09. The average molecular weight is 187 g/mol. The summed E-state index contributed by atoms with van der Waals surface area (Å²) >= 11 is 2.14. The van der Waals surface area contributed by atoms with Crippen molar-refractivity contribution in [2.75, 3.05) is 12.8 Å². The van der Waals surface area contributed by atoms with Crippen LogP contribution in [0.3, 0.4) is 0 Å². The third kappa shape index (κ3) is 2.40. The number of hydrogen-bond donors (Lipinski definition) is 1. The van der Waals surface area contributed by atoms with Crippen LogP contribution in [0.1, 0.15) is 33.6 Å². The van der Waals surface area contributed by atoms with Crippen LogP contribution in [-0.2, 0) is 0 Å². The van der Waals surface area contributed by atoms with Gasteiger partial charge < -0.3 is 5.32 Å². The van der Waals surface area contributed by atoms with E-state index >= 15 is 0 Å². The van der Waals surface area contributed by atoms with Crippen LogP contribution in [0, 0.1) is 5.41 Å². The molecule has 72 valence electrons. The SMILES string of the molecule is CNC(C1CCCS1)C(C)(C)C. The highest BCUT2D eigenvalue weighted by molar-refractivity contribution is 8.00. The molecular formula is C10H21NS. The summed E-state index contributed by atoms with van der Waals surface area (Å²) in [6.45, 7) is 6.98. The van der Waals surface area contributed by atoms with Crippen LogP contribution >= 0.6 is 11.8 Å². The predicted molar refractivity (Wildman–Crippen MR) is 57.8 cm³/mol. The standard InChI is InChI=1S/C10H21NS/c1-10(2,3)9(11-4)8-6-5-7-12-8/h8-9,11H,5-7H2,1-4H3. The molecule has 1 aliphatic rings. The van der Waals surface area contributed by atoms with Crippen LogP contribution in [0.2, 0.25) is 0 Å². The zero-order chi connectivity index (χ0) is 9.19. The van der Waals surface area contributed by atoms with Gasteiger partial charge in [0.1, 0.15) is 0 Å². The van der Waals surface area contributed by atoms with Gasteiger partial charge in [-0.2, -0.15) is 11.8 Å². The minimum Gasteiger partial charge on any atom is -0.315 e. The fraction of sp³-hybridized carbons (Fsp3) is 1.00. The van der Waals surface area contributed by atoms with Crippen LogP contribution in [0.4, 0.5) is 0 Å². The first-order valence-corrected chi connectivity index (χ1v) is 5.89. The Balaban J connectivity index is 2.54. The maximum Gasteiger partial charge on any atom is 0.0231 e. The fourth-order valence-electron chi connectivity index (χ4n) is 2.04. The van der Waals surface area contributed by atoms with Crippen molar-refractivity contribution < 1.29 is 0 Å². The minimum atomic E-state index is 0.400. The molecule has 0 radical (unpaired) electrons. The Kier molecular flexibility index (Phi) is 3.47. The van der Waals surface area contributed by atoms with Gasteiger partial charge in [-0.05, 0) is 31.1 Å². The molecule has 0 saturated carbocycles. The summed E-state index contributed by atoms with van der Waals surface area (Å²) in [6.07, 6.45) is 2.80. The van der Waals surface area contributed by atoms with E-state index in [1.54, 1.807) is 0 Å². The van der Waals surface area contributed by atoms with Crippen LogP contribution in [0.5, 0.6) is 0 Å². The molecule has 1 saturated heterocycles. The van der Waals surface area contributed by atoms with Crippen molar-refractivity contribution in [3.05, 3.63) is 0 Å². The highest BCUT2D eigenvalue weighted by Crippen LogP contribution is 2.35. The quantitative estimate of drug-likeness (QED) is 0.713. The zero-order valence-corrected chi connectivity index (χ0v) is 9.50. The van der Waals surface area contributed by atoms with Gasteiger partial charge in [0.25, 0.3) is 0 Å². The lowest BCUT2D eigenvalue weighted by Gasteiger charge is -2.34. The molecule has 0 aromatic rings. The lowest BCUT2D eigenvalue weighted by molar-refractivity contribution is 0.273. The average Bonchev–Trinajstić information content (AvgIpc) is 2.38. The molecule has 1 heterocycles. The van der Waals surface area contributed by atoms with Crippen LogP contribution in [0.25, 0.3) is 0 Å². The van der Waals surface area contributed by atoms with E-state index < -0.39 is 0 Å². The van der Waals surface area contributed by atoms with Gasteiger partial charge in [-0.1, -0.05) is 20.8 Å². The Hall–Kier alpha value is 0.310. The second-order valence-electron chi connectivity index (χ2n) is 4.68. The molecule has 0 amide bonds. The third-order valence-corrected chi connectivity index (χ3v) is 4.04. The molecule has 1 N–H and O–H groups in total. The van der Waals surface area contributed by atoms with E-state index in [0.29, 0.717) is 11.5 Å². The summed E-state index contributed by atoms with van der Waals surface area (Å²) in [6, 6.07) is 0.671. The number of nitrogens with one attached hydrogen (secondary N) is 1. The fourth-order valence-corrected chi connectivity index (χ4v) is 3.75. The van der Waals surface area contributed by atoms with Crippen LogP contribution in [-0.4, -0.2) is 24.1 Å². The minimum absolute atomic E-state index is 0.400. The number of rotatable bonds is 2. The maximum atomic E-state index is 3.46. The van der Waals surface area contributed by atoms with Crippen molar-refractivity contribution in [2.45, 2.75) is 44.9 Å². The largest absolute Gasteiger partial charge is 0.315 e. The summed E-state index contributed by atoms with van der Waals surface area (Å²) in [5.74, 6) is 1.36. The maximum absolute atomic E-state index is 3.46. The lowest BCUT2D eigenvalue weighted by atomic mass is 9.83. The van der Waals surface area contributed by atoms with E-state index in [1.807, 2.05) is 0 Å². The van der Waals surface area contributed by atoms with Gasteiger partial charge in [0, 0.05) is 11.3 Å². The molecule has 0 spiro atoms. The Morgan fingerprint density at radius 2 is 2.08 bits per heavy atom. The van der Waals surface area contributed by atoms with Gasteiger partial charge >= 0.3 is 0 Å². The molecule has 0 aromatic carbocycles. The van der Waals surface area contributed by atoms with Crippen molar-refractivity contribution in [2.24, 2.45) is 5.41 Å². The molecule has 1 fully saturated rings. The van der Waals surface area contributed by atoms with E-state index in [1.165, 1.54) is 18.6 Å². The summed E-state index contributed by atoms with van der Waals surface area (Å²) in [4.78, 5) is 0. The highest BCUT2D eigenvalue weighted by Gasteiger charge is 2.32. The first-order valence-electron chi connectivity index (χ1n) is 4.84. The van der Waals surface area contributed by atoms with E-state index in [2.05, 4.69) is 44.9 Å². The molecule has 2 unspecified atom stereocenters. The Morgan fingerprint density at radius 1 is 1.42 bits per heavy atom. The van der Waals surface area contributed by atoms with E-state index in [4.69, 9.17) is 0 Å². The third-order valence-electron chi connectivity index (χ3n) is 2.58. The van der Waals surface area contributed by atoms with Crippen molar-refractivity contribution in [3.63, 3.8) is 0 Å². The van der Waals surface area contributed by atoms with Gasteiger partial charge in [-0.15, -0.1) is 0 Å². The Morgan fingerprint density at radius 3 is 2.42 bits per heavy atom. The van der Waals surface area contributed by atoms with E-state index in [-0.39, 0.29) is 0 Å². The topological polar surface area (TPSA) is 12.0 Å². The predicted octanol–water partition coefficient (Wildman–Crippen LogP) is 2.52. The summed E-state index contributed by atoms with van der Waals surface area (Å²) in [5, 5.41) is 4.31. The molecule has 0 aromatic heterocycles. The number of thioether (sulfide) groups is 1. The normalized spacial score (nSPS) is 27.5. The van der Waals surface area contributed by atoms with Gasteiger partial charge in [0.15, 0.2) is 0 Å². The van der Waals surface area contributed by atoms with Gasteiger partial charge in [-0.3, -0.25) is 0 Å². The summed E-state index contributed by atoms with van der Waals surface area (Å²) < 4.78 is 0. The van der Waals surface area contributed by atoms with Gasteiger partial charge in [-0.25, -0.2) is 0 Å². The second-order valence-corrected chi connectivity index (χ2v) is 6.03. The number of hydrogen-bond acceptors (Lipinski definition) is 2. The van der Waals surface area contributed by atoms with Crippen molar-refractivity contribution >= 4 is 11.8 Å². The Labute approximate surface area is 80.7 Å². The molecule has 2 heteroatoms. The lowest BCUT2D eigenvalue weighted by Crippen LogP contribution is -2.44. The monoisotopic (exact) mass is 187 g/mol. The highest BCUT2D eigenvalue weighted by atomic mass is 32.2. The summed E-state index contributed by atoms with van der Waals surface area (Å²) in [5.41, 5.74) is 0.400. The molecular weight excluding hydrogens is 166 g/mol. The second kappa shape index (κ2) is 4.01. The molecule has 0 aliphatic carbocycles. The van der Waals surface area contributed by atoms with Crippen molar-refractivity contribution in [1.82, 2.24) is 5.32 Å². The van der Waals surface area contributed by atoms with Crippen LogP contribution in [0.15, 0.2) is 0 Å². The Bertz CT molecular complexity index is 133. The van der Waals surface area contributed by atoms with E-state index in [0.717, 1.165) is 5.25 Å². The van der Waals surface area contributed by atoms with E-state index in [9.17, 15) is 0 Å². The van der Waals surface area contributed by atoms with Crippen molar-refractivity contribution in [3.8, 4) is 0 Å². The molecule has 2 atom stereocenters. The molecule has 1 rings (SSSR count). The molecule has 0 bridgehead atoms. The first kappa shape index (κ1) is 10.4. The molecule has 1 aliphatic heterocycles. The van der Waals surface area contributed by atoms with Gasteiger partial charge in [0.2, 0.25) is 0 Å². The smallest absolute Gasteiger partial charge is 0.0231 e. The van der Waals surface area contributed by atoms with Crippen LogP contribution < -0.4 is 5.32 Å². The first-order chi connectivity index (χ1) is 5.55. The molecule has 1 nitrogen and oxygen atoms in total. The van der Waals surface area contributed by atoms with Crippen molar-refractivity contribution in [1.29, 1.82) is 0 Å². The zero-order valence-electron chi connectivity index (χ0n) is 8.68.